The van der Waals surface area contributed by atoms with Gasteiger partial charge in [0.15, 0.2) is 0 Å². The molecule has 2 aromatic carbocycles. The van der Waals surface area contributed by atoms with Crippen LogP contribution in [0.3, 0.4) is 0 Å². The van der Waals surface area contributed by atoms with Crippen LogP contribution < -0.4 is 10.6 Å². The van der Waals surface area contributed by atoms with Crippen LogP contribution in [-0.4, -0.2) is 27.9 Å². The second-order valence-corrected chi connectivity index (χ2v) is 8.11. The standard InChI is InChI=1S/C24H25ClN4O2/c25-19-10-6-18(7-11-19)24(31)26-14-3-5-22(30)28-20-12-8-17(9-13-20)23-27-16-21-4-1-2-15-29(21)23/h6-13,16H,1-5,14-15H2,(H,26,31)(H,28,30). The van der Waals surface area contributed by atoms with Gasteiger partial charge in [-0.2, -0.15) is 0 Å². The Morgan fingerprint density at radius 2 is 1.81 bits per heavy atom. The number of hydrogen-bond acceptors (Lipinski definition) is 3. The molecule has 3 aromatic rings. The summed E-state index contributed by atoms with van der Waals surface area (Å²) in [7, 11) is 0. The zero-order valence-electron chi connectivity index (χ0n) is 17.2. The van der Waals surface area contributed by atoms with E-state index in [9.17, 15) is 9.59 Å². The first kappa shape index (κ1) is 21.1. The van der Waals surface area contributed by atoms with E-state index >= 15 is 0 Å². The van der Waals surface area contributed by atoms with Gasteiger partial charge in [-0.3, -0.25) is 9.59 Å². The number of amides is 2. The number of fused-ring (bicyclic) bond motifs is 1. The lowest BCUT2D eigenvalue weighted by molar-refractivity contribution is -0.116. The van der Waals surface area contributed by atoms with Gasteiger partial charge < -0.3 is 15.2 Å². The molecule has 1 aliphatic heterocycles. The molecule has 2 heterocycles. The summed E-state index contributed by atoms with van der Waals surface area (Å²) in [6, 6.07) is 14.5. The lowest BCUT2D eigenvalue weighted by Crippen LogP contribution is -2.25. The quantitative estimate of drug-likeness (QED) is 0.527. The average Bonchev–Trinajstić information content (AvgIpc) is 3.22. The van der Waals surface area contributed by atoms with Gasteiger partial charge in [-0.15, -0.1) is 0 Å². The third kappa shape index (κ3) is 5.33. The van der Waals surface area contributed by atoms with E-state index in [4.69, 9.17) is 11.6 Å². The fourth-order valence-corrected chi connectivity index (χ4v) is 3.87. The molecular weight excluding hydrogens is 412 g/mol. The Labute approximate surface area is 186 Å². The Morgan fingerprint density at radius 1 is 1.03 bits per heavy atom. The van der Waals surface area contributed by atoms with Crippen LogP contribution in [0.1, 0.15) is 41.7 Å². The first-order valence-electron chi connectivity index (χ1n) is 10.6. The van der Waals surface area contributed by atoms with E-state index < -0.39 is 0 Å². The van der Waals surface area contributed by atoms with E-state index in [1.165, 1.54) is 18.5 Å². The van der Waals surface area contributed by atoms with E-state index in [1.54, 1.807) is 24.3 Å². The minimum Gasteiger partial charge on any atom is -0.352 e. The van der Waals surface area contributed by atoms with Crippen LogP contribution in [-0.2, 0) is 17.8 Å². The molecule has 4 rings (SSSR count). The van der Waals surface area contributed by atoms with Crippen molar-refractivity contribution in [2.75, 3.05) is 11.9 Å². The molecule has 0 spiro atoms. The van der Waals surface area contributed by atoms with Crippen LogP contribution in [0.25, 0.3) is 11.4 Å². The van der Waals surface area contributed by atoms with Crippen LogP contribution in [0.5, 0.6) is 0 Å². The normalized spacial score (nSPS) is 12.8. The van der Waals surface area contributed by atoms with E-state index in [0.29, 0.717) is 30.0 Å². The summed E-state index contributed by atoms with van der Waals surface area (Å²) in [6.45, 7) is 1.44. The summed E-state index contributed by atoms with van der Waals surface area (Å²) >= 11 is 5.83. The number of hydrogen-bond donors (Lipinski definition) is 2. The number of aryl methyl sites for hydroxylation is 1. The van der Waals surface area contributed by atoms with Crippen LogP contribution in [0, 0.1) is 0 Å². The van der Waals surface area contributed by atoms with Gasteiger partial charge in [-0.1, -0.05) is 11.6 Å². The minimum atomic E-state index is -0.172. The topological polar surface area (TPSA) is 76.0 Å². The highest BCUT2D eigenvalue weighted by molar-refractivity contribution is 6.30. The molecule has 1 aliphatic rings. The fourth-order valence-electron chi connectivity index (χ4n) is 3.75. The summed E-state index contributed by atoms with van der Waals surface area (Å²) in [4.78, 5) is 28.8. The molecule has 0 unspecified atom stereocenters. The highest BCUT2D eigenvalue weighted by atomic mass is 35.5. The number of anilines is 1. The predicted octanol–water partition coefficient (Wildman–Crippen LogP) is 4.69. The van der Waals surface area contributed by atoms with Crippen LogP contribution in [0.2, 0.25) is 5.02 Å². The van der Waals surface area contributed by atoms with Crippen molar-refractivity contribution < 1.29 is 9.59 Å². The van der Waals surface area contributed by atoms with Crippen molar-refractivity contribution in [3.63, 3.8) is 0 Å². The van der Waals surface area contributed by atoms with Gasteiger partial charge in [0.2, 0.25) is 5.91 Å². The molecule has 0 bridgehead atoms. The number of halogens is 1. The smallest absolute Gasteiger partial charge is 0.251 e. The van der Waals surface area contributed by atoms with Crippen molar-refractivity contribution >= 4 is 29.1 Å². The van der Waals surface area contributed by atoms with Gasteiger partial charge in [0.05, 0.1) is 0 Å². The molecule has 0 saturated carbocycles. The van der Waals surface area contributed by atoms with E-state index in [1.807, 2.05) is 30.5 Å². The summed E-state index contributed by atoms with van der Waals surface area (Å²) in [6.07, 6.45) is 6.35. The second-order valence-electron chi connectivity index (χ2n) is 7.67. The number of imidazole rings is 1. The number of nitrogens with one attached hydrogen (secondary N) is 2. The van der Waals surface area contributed by atoms with Gasteiger partial charge >= 0.3 is 0 Å². The van der Waals surface area contributed by atoms with Crippen molar-refractivity contribution in [1.29, 1.82) is 0 Å². The Balaban J connectivity index is 1.23. The molecule has 6 nitrogen and oxygen atoms in total. The zero-order chi connectivity index (χ0) is 21.6. The number of aromatic nitrogens is 2. The molecule has 2 amide bonds. The zero-order valence-corrected chi connectivity index (χ0v) is 18.0. The monoisotopic (exact) mass is 436 g/mol. The van der Waals surface area contributed by atoms with Crippen molar-refractivity contribution in [3.05, 3.63) is 71.0 Å². The number of benzene rings is 2. The maximum absolute atomic E-state index is 12.2. The molecule has 0 radical (unpaired) electrons. The van der Waals surface area contributed by atoms with Crippen LogP contribution in [0.15, 0.2) is 54.7 Å². The van der Waals surface area contributed by atoms with Crippen molar-refractivity contribution in [3.8, 4) is 11.4 Å². The minimum absolute atomic E-state index is 0.0771. The fraction of sp³-hybridized carbons (Fsp3) is 0.292. The molecular formula is C24H25ClN4O2. The Kier molecular flexibility index (Phi) is 6.67. The first-order chi connectivity index (χ1) is 15.1. The molecule has 2 N–H and O–H groups in total. The summed E-state index contributed by atoms with van der Waals surface area (Å²) in [5.41, 5.74) is 3.65. The summed E-state index contributed by atoms with van der Waals surface area (Å²) < 4.78 is 2.29. The SMILES string of the molecule is O=C(CCCNC(=O)c1ccc(Cl)cc1)Nc1ccc(-c2ncc3n2CCCC3)cc1. The van der Waals surface area contributed by atoms with E-state index in [-0.39, 0.29) is 11.8 Å². The highest BCUT2D eigenvalue weighted by Crippen LogP contribution is 2.25. The Morgan fingerprint density at radius 3 is 2.58 bits per heavy atom. The molecule has 7 heteroatoms. The summed E-state index contributed by atoms with van der Waals surface area (Å²) in [5.74, 6) is 0.740. The number of rotatable bonds is 7. The molecule has 0 aliphatic carbocycles. The van der Waals surface area contributed by atoms with Gasteiger partial charge in [-0.05, 0) is 74.2 Å². The number of carbonyl (C=O) groups is 2. The highest BCUT2D eigenvalue weighted by Gasteiger charge is 2.15. The van der Waals surface area contributed by atoms with E-state index in [2.05, 4.69) is 20.2 Å². The molecule has 0 saturated heterocycles. The maximum Gasteiger partial charge on any atom is 0.251 e. The van der Waals surface area contributed by atoms with Crippen molar-refractivity contribution in [1.82, 2.24) is 14.9 Å². The third-order valence-corrected chi connectivity index (χ3v) is 5.65. The summed E-state index contributed by atoms with van der Waals surface area (Å²) in [5, 5.41) is 6.31. The van der Waals surface area contributed by atoms with Gasteiger partial charge in [-0.25, -0.2) is 4.98 Å². The van der Waals surface area contributed by atoms with Gasteiger partial charge in [0, 0.05) is 53.2 Å². The molecule has 1 aromatic heterocycles. The van der Waals surface area contributed by atoms with Crippen LogP contribution >= 0.6 is 11.6 Å². The lowest BCUT2D eigenvalue weighted by atomic mass is 10.1. The molecule has 0 fully saturated rings. The average molecular weight is 437 g/mol. The molecule has 31 heavy (non-hydrogen) atoms. The van der Waals surface area contributed by atoms with Crippen molar-refractivity contribution in [2.45, 2.75) is 38.6 Å². The Hall–Kier alpha value is -3.12. The third-order valence-electron chi connectivity index (χ3n) is 5.40. The molecule has 160 valence electrons. The Bertz CT molecular complexity index is 1060. The van der Waals surface area contributed by atoms with E-state index in [0.717, 1.165) is 30.0 Å². The predicted molar refractivity (Wildman–Crippen MR) is 122 cm³/mol. The number of nitrogens with zero attached hydrogens (tertiary/aromatic N) is 2. The first-order valence-corrected chi connectivity index (χ1v) is 11.0. The van der Waals surface area contributed by atoms with Gasteiger partial charge in [0.25, 0.3) is 5.91 Å². The molecule has 0 atom stereocenters. The largest absolute Gasteiger partial charge is 0.352 e. The lowest BCUT2D eigenvalue weighted by Gasteiger charge is -2.16. The number of carbonyl (C=O) groups excluding carboxylic acids is 2. The van der Waals surface area contributed by atoms with Crippen molar-refractivity contribution in [2.24, 2.45) is 0 Å². The van der Waals surface area contributed by atoms with Crippen LogP contribution in [0.4, 0.5) is 5.69 Å². The van der Waals surface area contributed by atoms with Gasteiger partial charge in [0.1, 0.15) is 5.82 Å². The second kappa shape index (κ2) is 9.79. The maximum atomic E-state index is 12.2.